The number of unbranched alkanes of at least 4 members (excludes halogenated alkanes) is 1. The van der Waals surface area contributed by atoms with E-state index in [1.807, 2.05) is 17.0 Å². The third-order valence-corrected chi connectivity index (χ3v) is 7.77. The molecule has 1 atom stereocenters. The van der Waals surface area contributed by atoms with Gasteiger partial charge in [0.25, 0.3) is 5.91 Å². The molecule has 2 aromatic rings. The quantitative estimate of drug-likeness (QED) is 0.438. The smallest absolute Gasteiger partial charge is 0.289 e. The highest BCUT2D eigenvalue weighted by Gasteiger charge is 2.25. The van der Waals surface area contributed by atoms with Crippen LogP contribution in [0.2, 0.25) is 0 Å². The van der Waals surface area contributed by atoms with Crippen LogP contribution in [0.3, 0.4) is 0 Å². The van der Waals surface area contributed by atoms with Crippen molar-refractivity contribution in [1.29, 1.82) is 0 Å². The van der Waals surface area contributed by atoms with Gasteiger partial charge in [-0.05, 0) is 69.1 Å². The number of hydrogen-bond donors (Lipinski definition) is 0. The number of furan rings is 1. The molecule has 35 heavy (non-hydrogen) atoms. The van der Waals surface area contributed by atoms with Gasteiger partial charge in [-0.1, -0.05) is 19.1 Å². The molecule has 1 unspecified atom stereocenters. The van der Waals surface area contributed by atoms with E-state index in [0.29, 0.717) is 49.3 Å². The van der Waals surface area contributed by atoms with Crippen molar-refractivity contribution in [1.82, 2.24) is 14.7 Å². The van der Waals surface area contributed by atoms with Crippen molar-refractivity contribution in [3.63, 3.8) is 0 Å². The summed E-state index contributed by atoms with van der Waals surface area (Å²) in [5.74, 6) is 0.243. The normalized spacial score (nSPS) is 15.9. The first-order valence-corrected chi connectivity index (χ1v) is 14.2. The highest BCUT2D eigenvalue weighted by Crippen LogP contribution is 2.15. The Labute approximate surface area is 208 Å². The molecule has 3 rings (SSSR count). The van der Waals surface area contributed by atoms with E-state index in [4.69, 9.17) is 4.42 Å². The lowest BCUT2D eigenvalue weighted by Crippen LogP contribution is -2.37. The highest BCUT2D eigenvalue weighted by atomic mass is 32.2. The van der Waals surface area contributed by atoms with Gasteiger partial charge in [-0.15, -0.1) is 0 Å². The van der Waals surface area contributed by atoms with E-state index >= 15 is 0 Å². The minimum Gasteiger partial charge on any atom is -0.459 e. The van der Waals surface area contributed by atoms with E-state index in [2.05, 4.69) is 18.7 Å². The molecule has 1 fully saturated rings. The van der Waals surface area contributed by atoms with Crippen molar-refractivity contribution < 1.29 is 22.4 Å². The molecule has 1 aromatic carbocycles. The first-order valence-electron chi connectivity index (χ1n) is 12.3. The van der Waals surface area contributed by atoms with Crippen LogP contribution in [0.1, 0.15) is 49.2 Å². The molecule has 0 N–H and O–H groups in total. The van der Waals surface area contributed by atoms with Crippen molar-refractivity contribution in [2.45, 2.75) is 50.5 Å². The number of likely N-dealkylation sites (N-methyl/N-ethyl adjacent to an activating group) is 1. The average molecular weight is 504 g/mol. The lowest BCUT2D eigenvalue weighted by Gasteiger charge is -2.28. The summed E-state index contributed by atoms with van der Waals surface area (Å²) in [5, 5.41) is 0. The van der Waals surface area contributed by atoms with Gasteiger partial charge >= 0.3 is 0 Å². The van der Waals surface area contributed by atoms with Crippen molar-refractivity contribution in [2.24, 2.45) is 0 Å². The summed E-state index contributed by atoms with van der Waals surface area (Å²) >= 11 is 0. The van der Waals surface area contributed by atoms with E-state index in [-0.39, 0.29) is 11.8 Å². The Morgan fingerprint density at radius 3 is 2.49 bits per heavy atom. The van der Waals surface area contributed by atoms with Gasteiger partial charge in [-0.2, -0.15) is 0 Å². The highest BCUT2D eigenvalue weighted by molar-refractivity contribution is 7.90. The minimum absolute atomic E-state index is 0.0954. The lowest BCUT2D eigenvalue weighted by molar-refractivity contribution is -0.130. The molecule has 0 radical (unpaired) electrons. The first-order chi connectivity index (χ1) is 16.7. The zero-order valence-corrected chi connectivity index (χ0v) is 21.8. The Hall–Kier alpha value is -2.65. The second-order valence-electron chi connectivity index (χ2n) is 9.21. The van der Waals surface area contributed by atoms with Gasteiger partial charge < -0.3 is 19.1 Å². The zero-order chi connectivity index (χ0) is 25.4. The van der Waals surface area contributed by atoms with E-state index in [1.54, 1.807) is 29.2 Å². The van der Waals surface area contributed by atoms with Crippen LogP contribution in [-0.2, 0) is 21.1 Å². The SMILES string of the molecule is CCN(CCCCN1CCN(C(=O)c2ccco2)CCC1=O)C(C)Cc1ccc(S(C)(=O)=O)cc1. The van der Waals surface area contributed by atoms with Crippen LogP contribution in [0.5, 0.6) is 0 Å². The molecular weight excluding hydrogens is 466 g/mol. The number of amides is 2. The summed E-state index contributed by atoms with van der Waals surface area (Å²) in [4.78, 5) is 31.4. The number of benzene rings is 1. The fourth-order valence-electron chi connectivity index (χ4n) is 4.51. The van der Waals surface area contributed by atoms with Gasteiger partial charge in [0, 0.05) is 44.9 Å². The van der Waals surface area contributed by atoms with Crippen LogP contribution in [0.15, 0.2) is 52.0 Å². The van der Waals surface area contributed by atoms with Gasteiger partial charge in [-0.25, -0.2) is 8.42 Å². The molecule has 1 aliphatic rings. The van der Waals surface area contributed by atoms with Crippen LogP contribution >= 0.6 is 0 Å². The van der Waals surface area contributed by atoms with E-state index in [0.717, 1.165) is 37.9 Å². The summed E-state index contributed by atoms with van der Waals surface area (Å²) in [5.41, 5.74) is 1.12. The number of hydrogen-bond acceptors (Lipinski definition) is 6. The number of carbonyl (C=O) groups is 2. The molecule has 9 heteroatoms. The van der Waals surface area contributed by atoms with Crippen molar-refractivity contribution in [3.05, 3.63) is 54.0 Å². The summed E-state index contributed by atoms with van der Waals surface area (Å²) in [6.45, 7) is 8.37. The molecule has 2 heterocycles. The molecule has 8 nitrogen and oxygen atoms in total. The molecule has 0 spiro atoms. The lowest BCUT2D eigenvalue weighted by atomic mass is 10.1. The summed E-state index contributed by atoms with van der Waals surface area (Å²) in [7, 11) is -3.18. The number of nitrogens with zero attached hydrogens (tertiary/aromatic N) is 3. The summed E-state index contributed by atoms with van der Waals surface area (Å²) < 4.78 is 28.5. The number of carbonyl (C=O) groups excluding carboxylic acids is 2. The third-order valence-electron chi connectivity index (χ3n) is 6.64. The van der Waals surface area contributed by atoms with Gasteiger partial charge in [0.2, 0.25) is 5.91 Å². The number of sulfone groups is 1. The molecule has 1 aliphatic heterocycles. The van der Waals surface area contributed by atoms with Crippen LogP contribution in [-0.4, -0.2) is 86.5 Å². The largest absolute Gasteiger partial charge is 0.459 e. The maximum atomic E-state index is 12.6. The minimum atomic E-state index is -3.18. The molecule has 192 valence electrons. The molecule has 0 bridgehead atoms. The van der Waals surface area contributed by atoms with E-state index < -0.39 is 9.84 Å². The first kappa shape index (κ1) is 26.9. The van der Waals surface area contributed by atoms with Gasteiger partial charge in [-0.3, -0.25) is 9.59 Å². The second-order valence-corrected chi connectivity index (χ2v) is 11.2. The van der Waals surface area contributed by atoms with Crippen LogP contribution < -0.4 is 0 Å². The van der Waals surface area contributed by atoms with E-state index in [9.17, 15) is 18.0 Å². The zero-order valence-electron chi connectivity index (χ0n) is 21.0. The maximum Gasteiger partial charge on any atom is 0.289 e. The second kappa shape index (κ2) is 12.4. The Kier molecular flexibility index (Phi) is 9.51. The standard InChI is InChI=1S/C26H37N3O5S/c1-4-27(21(2)20-22-9-11-23(12-10-22)35(3,32)33)14-5-6-15-28-17-18-29(16-13-25(28)30)26(31)24-8-7-19-34-24/h7-12,19,21H,4-6,13-18,20H2,1-3H3. The van der Waals surface area contributed by atoms with Crippen molar-refractivity contribution in [3.8, 4) is 0 Å². The Morgan fingerprint density at radius 2 is 1.86 bits per heavy atom. The van der Waals surface area contributed by atoms with Crippen LogP contribution in [0.4, 0.5) is 0 Å². The molecule has 0 saturated carbocycles. The van der Waals surface area contributed by atoms with Gasteiger partial charge in [0.15, 0.2) is 15.6 Å². The monoisotopic (exact) mass is 503 g/mol. The summed E-state index contributed by atoms with van der Waals surface area (Å²) in [6, 6.07) is 10.8. The molecular formula is C26H37N3O5S. The third kappa shape index (κ3) is 7.67. The predicted octanol–water partition coefficient (Wildman–Crippen LogP) is 3.09. The molecule has 2 amide bonds. The Morgan fingerprint density at radius 1 is 1.11 bits per heavy atom. The fraction of sp³-hybridized carbons (Fsp3) is 0.538. The van der Waals surface area contributed by atoms with Crippen LogP contribution in [0, 0.1) is 0 Å². The Balaban J connectivity index is 1.42. The maximum absolute atomic E-state index is 12.6. The topological polar surface area (TPSA) is 91.1 Å². The van der Waals surface area contributed by atoms with Gasteiger partial charge in [0.05, 0.1) is 11.2 Å². The molecule has 1 saturated heterocycles. The molecule has 1 aromatic heterocycles. The van der Waals surface area contributed by atoms with Crippen LogP contribution in [0.25, 0.3) is 0 Å². The fourth-order valence-corrected chi connectivity index (χ4v) is 5.14. The summed E-state index contributed by atoms with van der Waals surface area (Å²) in [6.07, 6.45) is 5.77. The van der Waals surface area contributed by atoms with Crippen molar-refractivity contribution in [2.75, 3.05) is 45.5 Å². The van der Waals surface area contributed by atoms with Gasteiger partial charge in [0.1, 0.15) is 0 Å². The van der Waals surface area contributed by atoms with Crippen molar-refractivity contribution >= 4 is 21.7 Å². The average Bonchev–Trinajstić information content (AvgIpc) is 3.30. The molecule has 0 aliphatic carbocycles. The van der Waals surface area contributed by atoms with E-state index in [1.165, 1.54) is 12.5 Å². The number of rotatable bonds is 11. The predicted molar refractivity (Wildman–Crippen MR) is 135 cm³/mol. The Bertz CT molecular complexity index is 1070.